The summed E-state index contributed by atoms with van der Waals surface area (Å²) >= 11 is 0. The Morgan fingerprint density at radius 3 is 2.56 bits per heavy atom. The van der Waals surface area contributed by atoms with E-state index in [9.17, 15) is 0 Å². The highest BCUT2D eigenvalue weighted by atomic mass is 15.0. The molecule has 0 N–H and O–H groups in total. The molecule has 0 unspecified atom stereocenters. The number of aromatic nitrogens is 2. The van der Waals surface area contributed by atoms with Crippen LogP contribution in [0.15, 0.2) is 42.7 Å². The number of imidazole rings is 1. The maximum absolute atomic E-state index is 4.74. The van der Waals surface area contributed by atoms with Gasteiger partial charge in [-0.1, -0.05) is 29.8 Å². The van der Waals surface area contributed by atoms with Gasteiger partial charge in [0.2, 0.25) is 0 Å². The van der Waals surface area contributed by atoms with Crippen molar-refractivity contribution < 1.29 is 0 Å². The quantitative estimate of drug-likeness (QED) is 0.626. The fraction of sp³-hybridized carbons (Fsp3) is 0.188. The molecule has 0 saturated carbocycles. The molecule has 0 atom stereocenters. The molecule has 90 valence electrons. The van der Waals surface area contributed by atoms with Crippen LogP contribution in [0.25, 0.3) is 16.9 Å². The SMILES string of the molecule is Cc1ccc(-c2cn3cccc(C)c3n2)c(C)c1. The molecular weight excluding hydrogens is 220 g/mol. The molecule has 0 amide bonds. The smallest absolute Gasteiger partial charge is 0.140 e. The lowest BCUT2D eigenvalue weighted by Crippen LogP contribution is -1.84. The van der Waals surface area contributed by atoms with E-state index in [0.29, 0.717) is 0 Å². The molecule has 0 aliphatic heterocycles. The number of fused-ring (bicyclic) bond motifs is 1. The van der Waals surface area contributed by atoms with Gasteiger partial charge in [0.05, 0.1) is 5.69 Å². The van der Waals surface area contributed by atoms with Gasteiger partial charge < -0.3 is 4.40 Å². The zero-order chi connectivity index (χ0) is 12.7. The third-order valence-corrected chi connectivity index (χ3v) is 3.34. The Balaban J connectivity index is 2.23. The van der Waals surface area contributed by atoms with Crippen molar-refractivity contribution in [3.8, 4) is 11.3 Å². The molecule has 2 heterocycles. The van der Waals surface area contributed by atoms with Gasteiger partial charge in [-0.25, -0.2) is 4.98 Å². The summed E-state index contributed by atoms with van der Waals surface area (Å²) in [6.45, 7) is 6.35. The molecule has 0 bridgehead atoms. The van der Waals surface area contributed by atoms with Crippen LogP contribution in [0, 0.1) is 20.8 Å². The minimum atomic E-state index is 1.03. The highest BCUT2D eigenvalue weighted by Gasteiger charge is 2.08. The number of nitrogens with zero attached hydrogens (tertiary/aromatic N) is 2. The summed E-state index contributed by atoms with van der Waals surface area (Å²) in [5.41, 5.74) is 7.05. The third kappa shape index (κ3) is 1.70. The third-order valence-electron chi connectivity index (χ3n) is 3.34. The lowest BCUT2D eigenvalue weighted by molar-refractivity contribution is 1.16. The van der Waals surface area contributed by atoms with Crippen LogP contribution in [-0.2, 0) is 0 Å². The maximum atomic E-state index is 4.74. The van der Waals surface area contributed by atoms with Gasteiger partial charge in [-0.2, -0.15) is 0 Å². The standard InChI is InChI=1S/C16H16N2/c1-11-6-7-14(13(3)9-11)15-10-18-8-4-5-12(2)16(18)17-15/h4-10H,1-3H3. The van der Waals surface area contributed by atoms with Crippen LogP contribution >= 0.6 is 0 Å². The second-order valence-corrected chi connectivity index (χ2v) is 4.87. The molecule has 0 aliphatic rings. The zero-order valence-corrected chi connectivity index (χ0v) is 10.9. The fourth-order valence-electron chi connectivity index (χ4n) is 2.38. The summed E-state index contributed by atoms with van der Waals surface area (Å²) in [5, 5.41) is 0. The van der Waals surface area contributed by atoms with Gasteiger partial charge in [0.1, 0.15) is 5.65 Å². The first-order chi connectivity index (χ1) is 8.65. The molecule has 0 fully saturated rings. The van der Waals surface area contributed by atoms with E-state index in [-0.39, 0.29) is 0 Å². The number of pyridine rings is 1. The predicted molar refractivity (Wildman–Crippen MR) is 74.8 cm³/mol. The van der Waals surface area contributed by atoms with Crippen LogP contribution in [0.5, 0.6) is 0 Å². The topological polar surface area (TPSA) is 17.3 Å². The van der Waals surface area contributed by atoms with Crippen molar-refractivity contribution in [2.75, 3.05) is 0 Å². The summed E-state index contributed by atoms with van der Waals surface area (Å²) in [4.78, 5) is 4.74. The van der Waals surface area contributed by atoms with E-state index in [1.807, 2.05) is 6.20 Å². The van der Waals surface area contributed by atoms with E-state index in [1.165, 1.54) is 22.3 Å². The van der Waals surface area contributed by atoms with Crippen molar-refractivity contribution in [2.24, 2.45) is 0 Å². The monoisotopic (exact) mass is 236 g/mol. The minimum Gasteiger partial charge on any atom is -0.306 e. The van der Waals surface area contributed by atoms with Crippen LogP contribution in [-0.4, -0.2) is 9.38 Å². The van der Waals surface area contributed by atoms with Gasteiger partial charge in [0.25, 0.3) is 0 Å². The highest BCUT2D eigenvalue weighted by Crippen LogP contribution is 2.24. The molecule has 18 heavy (non-hydrogen) atoms. The summed E-state index contributed by atoms with van der Waals surface area (Å²) in [6, 6.07) is 10.6. The van der Waals surface area contributed by atoms with Gasteiger partial charge in [-0.3, -0.25) is 0 Å². The van der Waals surface area contributed by atoms with Crippen LogP contribution in [0.4, 0.5) is 0 Å². The van der Waals surface area contributed by atoms with Gasteiger partial charge in [-0.15, -0.1) is 0 Å². The molecular formula is C16H16N2. The van der Waals surface area contributed by atoms with Crippen molar-refractivity contribution in [1.82, 2.24) is 9.38 Å². The number of hydrogen-bond donors (Lipinski definition) is 0. The number of hydrogen-bond acceptors (Lipinski definition) is 1. The number of aryl methyl sites for hydroxylation is 3. The Kier molecular flexibility index (Phi) is 2.44. The molecule has 0 spiro atoms. The van der Waals surface area contributed by atoms with E-state index < -0.39 is 0 Å². The maximum Gasteiger partial charge on any atom is 0.140 e. The van der Waals surface area contributed by atoms with E-state index in [2.05, 4.69) is 61.7 Å². The van der Waals surface area contributed by atoms with Crippen LogP contribution < -0.4 is 0 Å². The lowest BCUT2D eigenvalue weighted by atomic mass is 10.0. The van der Waals surface area contributed by atoms with Crippen molar-refractivity contribution in [1.29, 1.82) is 0 Å². The molecule has 0 aliphatic carbocycles. The van der Waals surface area contributed by atoms with Crippen LogP contribution in [0.3, 0.4) is 0 Å². The van der Waals surface area contributed by atoms with Crippen molar-refractivity contribution in [2.45, 2.75) is 20.8 Å². The summed E-state index contributed by atoms with van der Waals surface area (Å²) in [6.07, 6.45) is 4.14. The second-order valence-electron chi connectivity index (χ2n) is 4.87. The average Bonchev–Trinajstić information content (AvgIpc) is 2.74. The van der Waals surface area contributed by atoms with Crippen molar-refractivity contribution >= 4 is 5.65 Å². The summed E-state index contributed by atoms with van der Waals surface area (Å²) in [5.74, 6) is 0. The highest BCUT2D eigenvalue weighted by molar-refractivity contribution is 5.67. The molecule has 0 radical (unpaired) electrons. The fourth-order valence-corrected chi connectivity index (χ4v) is 2.38. The largest absolute Gasteiger partial charge is 0.306 e. The van der Waals surface area contributed by atoms with Crippen molar-refractivity contribution in [3.05, 3.63) is 59.4 Å². The second kappa shape index (κ2) is 3.98. The van der Waals surface area contributed by atoms with Crippen LogP contribution in [0.2, 0.25) is 0 Å². The predicted octanol–water partition coefficient (Wildman–Crippen LogP) is 3.93. The Bertz CT molecular complexity index is 723. The average molecular weight is 236 g/mol. The van der Waals surface area contributed by atoms with E-state index in [4.69, 9.17) is 4.98 Å². The molecule has 2 nitrogen and oxygen atoms in total. The molecule has 3 aromatic rings. The Hall–Kier alpha value is -2.09. The Labute approximate surface area is 107 Å². The van der Waals surface area contributed by atoms with E-state index in [1.54, 1.807) is 0 Å². The molecule has 0 saturated heterocycles. The van der Waals surface area contributed by atoms with Gasteiger partial charge in [0.15, 0.2) is 0 Å². The molecule has 3 rings (SSSR count). The van der Waals surface area contributed by atoms with Crippen molar-refractivity contribution in [3.63, 3.8) is 0 Å². The van der Waals surface area contributed by atoms with Crippen LogP contribution in [0.1, 0.15) is 16.7 Å². The van der Waals surface area contributed by atoms with E-state index in [0.717, 1.165) is 11.3 Å². The van der Waals surface area contributed by atoms with Gasteiger partial charge in [-0.05, 0) is 38.0 Å². The molecule has 2 aromatic heterocycles. The Morgan fingerprint density at radius 2 is 1.83 bits per heavy atom. The first-order valence-electron chi connectivity index (χ1n) is 6.17. The minimum absolute atomic E-state index is 1.03. The normalized spacial score (nSPS) is 11.1. The van der Waals surface area contributed by atoms with Gasteiger partial charge in [0, 0.05) is 18.0 Å². The number of benzene rings is 1. The first kappa shape index (κ1) is 11.0. The lowest BCUT2D eigenvalue weighted by Gasteiger charge is -2.02. The van der Waals surface area contributed by atoms with Gasteiger partial charge >= 0.3 is 0 Å². The molecule has 2 heteroatoms. The molecule has 1 aromatic carbocycles. The first-order valence-corrected chi connectivity index (χ1v) is 6.17. The summed E-state index contributed by atoms with van der Waals surface area (Å²) < 4.78 is 2.09. The number of rotatable bonds is 1. The zero-order valence-electron chi connectivity index (χ0n) is 10.9. The van der Waals surface area contributed by atoms with E-state index >= 15 is 0 Å². The Morgan fingerprint density at radius 1 is 1.00 bits per heavy atom. The summed E-state index contributed by atoms with van der Waals surface area (Å²) in [7, 11) is 0.